The number of methoxy groups -OCH3 is 1. The number of carbonyl (C=O) groups is 2. The number of hydrogen-bond donors (Lipinski definition) is 1. The van der Waals surface area contributed by atoms with E-state index in [1.54, 1.807) is 57.4 Å². The summed E-state index contributed by atoms with van der Waals surface area (Å²) >= 11 is 0. The van der Waals surface area contributed by atoms with E-state index in [0.717, 1.165) is 11.3 Å². The van der Waals surface area contributed by atoms with Crippen LogP contribution in [0, 0.1) is 13.8 Å². The summed E-state index contributed by atoms with van der Waals surface area (Å²) in [5.41, 5.74) is 3.85. The first-order valence-corrected chi connectivity index (χ1v) is 9.37. The monoisotopic (exact) mass is 392 g/mol. The van der Waals surface area contributed by atoms with Gasteiger partial charge in [-0.3, -0.25) is 9.78 Å². The van der Waals surface area contributed by atoms with Crippen LogP contribution in [-0.4, -0.2) is 30.1 Å². The van der Waals surface area contributed by atoms with Crippen molar-refractivity contribution in [2.45, 2.75) is 33.8 Å². The average molecular weight is 392 g/mol. The van der Waals surface area contributed by atoms with Crippen LogP contribution in [0.5, 0.6) is 5.75 Å². The van der Waals surface area contributed by atoms with Gasteiger partial charge in [0.25, 0.3) is 5.91 Å². The van der Waals surface area contributed by atoms with Gasteiger partial charge in [0.1, 0.15) is 5.75 Å². The molecule has 2 aromatic carbocycles. The number of aromatic nitrogens is 1. The molecule has 3 aromatic rings. The predicted octanol–water partition coefficient (Wildman–Crippen LogP) is 4.68. The zero-order valence-corrected chi connectivity index (χ0v) is 17.2. The molecule has 0 saturated heterocycles. The molecule has 0 bridgehead atoms. The van der Waals surface area contributed by atoms with E-state index in [4.69, 9.17) is 9.47 Å². The maximum absolute atomic E-state index is 12.8. The first-order valence-electron chi connectivity index (χ1n) is 9.37. The number of aryl methyl sites for hydroxylation is 2. The third kappa shape index (κ3) is 4.54. The molecule has 0 aliphatic carbocycles. The van der Waals surface area contributed by atoms with E-state index >= 15 is 0 Å². The number of ether oxygens (including phenoxy) is 2. The molecule has 1 amide bonds. The molecule has 0 atom stereocenters. The molecule has 0 aliphatic heterocycles. The highest BCUT2D eigenvalue weighted by molar-refractivity contribution is 6.09. The molecule has 0 spiro atoms. The van der Waals surface area contributed by atoms with Gasteiger partial charge >= 0.3 is 5.97 Å². The van der Waals surface area contributed by atoms with Crippen molar-refractivity contribution in [1.29, 1.82) is 0 Å². The molecule has 1 aromatic heterocycles. The zero-order chi connectivity index (χ0) is 21.1. The lowest BCUT2D eigenvalue weighted by Crippen LogP contribution is -2.14. The highest BCUT2D eigenvalue weighted by Crippen LogP contribution is 2.26. The molecule has 1 heterocycles. The number of fused-ring (bicyclic) bond motifs is 1. The van der Waals surface area contributed by atoms with Crippen LogP contribution >= 0.6 is 0 Å². The van der Waals surface area contributed by atoms with Gasteiger partial charge in [-0.05, 0) is 69.7 Å². The van der Waals surface area contributed by atoms with Gasteiger partial charge in [-0.2, -0.15) is 0 Å². The Hall–Kier alpha value is -3.41. The van der Waals surface area contributed by atoms with Crippen LogP contribution in [0.15, 0.2) is 42.5 Å². The van der Waals surface area contributed by atoms with Crippen LogP contribution < -0.4 is 10.1 Å². The van der Waals surface area contributed by atoms with Gasteiger partial charge in [0.15, 0.2) is 0 Å². The molecule has 6 heteroatoms. The van der Waals surface area contributed by atoms with E-state index in [2.05, 4.69) is 10.3 Å². The molecule has 150 valence electrons. The SMILES string of the molecule is COc1cc(C(=O)Nc2cc(C)nc3ccc(C(=O)OC(C)C)cc23)ccc1C. The molecule has 3 rings (SSSR count). The average Bonchev–Trinajstić information content (AvgIpc) is 2.67. The number of esters is 1. The summed E-state index contributed by atoms with van der Waals surface area (Å²) < 4.78 is 10.6. The quantitative estimate of drug-likeness (QED) is 0.638. The molecule has 0 unspecified atom stereocenters. The van der Waals surface area contributed by atoms with E-state index in [1.807, 2.05) is 19.9 Å². The first kappa shape index (κ1) is 20.3. The number of anilines is 1. The van der Waals surface area contributed by atoms with Gasteiger partial charge < -0.3 is 14.8 Å². The molecular formula is C23H24N2O4. The number of hydrogen-bond acceptors (Lipinski definition) is 5. The topological polar surface area (TPSA) is 77.5 Å². The minimum atomic E-state index is -0.414. The van der Waals surface area contributed by atoms with Gasteiger partial charge in [0.05, 0.1) is 30.0 Å². The third-order valence-electron chi connectivity index (χ3n) is 4.43. The maximum Gasteiger partial charge on any atom is 0.338 e. The van der Waals surface area contributed by atoms with Crippen molar-refractivity contribution < 1.29 is 19.1 Å². The number of rotatable bonds is 5. The van der Waals surface area contributed by atoms with Gasteiger partial charge in [0, 0.05) is 16.6 Å². The minimum Gasteiger partial charge on any atom is -0.496 e. The van der Waals surface area contributed by atoms with Crippen LogP contribution in [0.4, 0.5) is 5.69 Å². The van der Waals surface area contributed by atoms with E-state index in [9.17, 15) is 9.59 Å². The molecule has 29 heavy (non-hydrogen) atoms. The van der Waals surface area contributed by atoms with Crippen molar-refractivity contribution in [3.63, 3.8) is 0 Å². The summed E-state index contributed by atoms with van der Waals surface area (Å²) in [7, 11) is 1.57. The standard InChI is InChI=1S/C23H24N2O4/c1-13(2)29-23(27)17-8-9-19-18(11-17)20(10-15(4)24-19)25-22(26)16-7-6-14(3)21(12-16)28-5/h6-13H,1-5H3,(H,24,25,26). The normalized spacial score (nSPS) is 10.8. The number of carbonyl (C=O) groups excluding carboxylic acids is 2. The van der Waals surface area contributed by atoms with Crippen molar-refractivity contribution in [3.05, 3.63) is 64.8 Å². The Morgan fingerprint density at radius 1 is 1.00 bits per heavy atom. The molecule has 0 saturated carbocycles. The minimum absolute atomic E-state index is 0.218. The molecule has 1 N–H and O–H groups in total. The number of pyridine rings is 1. The summed E-state index contributed by atoms with van der Waals surface area (Å²) in [6.07, 6.45) is -0.218. The van der Waals surface area contributed by atoms with Crippen molar-refractivity contribution in [2.75, 3.05) is 12.4 Å². The lowest BCUT2D eigenvalue weighted by Gasteiger charge is -2.13. The van der Waals surface area contributed by atoms with Crippen molar-refractivity contribution in [3.8, 4) is 5.75 Å². The van der Waals surface area contributed by atoms with E-state index in [1.165, 1.54) is 0 Å². The Morgan fingerprint density at radius 3 is 2.41 bits per heavy atom. The number of nitrogens with one attached hydrogen (secondary N) is 1. The molecular weight excluding hydrogens is 368 g/mol. The Bertz CT molecular complexity index is 1090. The van der Waals surface area contributed by atoms with Crippen LogP contribution in [0.2, 0.25) is 0 Å². The molecule has 0 aliphatic rings. The summed E-state index contributed by atoms with van der Waals surface area (Å²) in [4.78, 5) is 29.6. The number of amides is 1. The van der Waals surface area contributed by atoms with Gasteiger partial charge in [0.2, 0.25) is 0 Å². The Kier molecular flexibility index (Phi) is 5.82. The lowest BCUT2D eigenvalue weighted by atomic mass is 10.1. The van der Waals surface area contributed by atoms with E-state index in [-0.39, 0.29) is 12.0 Å². The molecule has 0 radical (unpaired) electrons. The highest BCUT2D eigenvalue weighted by Gasteiger charge is 2.15. The van der Waals surface area contributed by atoms with Crippen LogP contribution in [0.25, 0.3) is 10.9 Å². The smallest absolute Gasteiger partial charge is 0.338 e. The van der Waals surface area contributed by atoms with E-state index in [0.29, 0.717) is 33.5 Å². The molecule has 6 nitrogen and oxygen atoms in total. The van der Waals surface area contributed by atoms with Crippen molar-refractivity contribution in [2.24, 2.45) is 0 Å². The van der Waals surface area contributed by atoms with Crippen LogP contribution in [0.1, 0.15) is 45.8 Å². The second-order valence-electron chi connectivity index (χ2n) is 7.14. The fraction of sp³-hybridized carbons (Fsp3) is 0.261. The summed E-state index contributed by atoms with van der Waals surface area (Å²) in [6, 6.07) is 12.2. The highest BCUT2D eigenvalue weighted by atomic mass is 16.5. The van der Waals surface area contributed by atoms with Crippen LogP contribution in [0.3, 0.4) is 0 Å². The second kappa shape index (κ2) is 8.31. The Morgan fingerprint density at radius 2 is 1.72 bits per heavy atom. The summed E-state index contributed by atoms with van der Waals surface area (Å²) in [6.45, 7) is 7.36. The summed E-state index contributed by atoms with van der Waals surface area (Å²) in [5.74, 6) is -0.0412. The second-order valence-corrected chi connectivity index (χ2v) is 7.14. The molecule has 0 fully saturated rings. The Labute approximate surface area is 169 Å². The lowest BCUT2D eigenvalue weighted by molar-refractivity contribution is 0.0378. The largest absolute Gasteiger partial charge is 0.496 e. The van der Waals surface area contributed by atoms with Crippen molar-refractivity contribution >= 4 is 28.5 Å². The maximum atomic E-state index is 12.8. The van der Waals surface area contributed by atoms with Gasteiger partial charge in [-0.1, -0.05) is 6.07 Å². The van der Waals surface area contributed by atoms with Gasteiger partial charge in [-0.15, -0.1) is 0 Å². The van der Waals surface area contributed by atoms with Crippen molar-refractivity contribution in [1.82, 2.24) is 4.98 Å². The fourth-order valence-corrected chi connectivity index (χ4v) is 3.03. The Balaban J connectivity index is 1.99. The number of benzene rings is 2. The zero-order valence-electron chi connectivity index (χ0n) is 17.2. The fourth-order valence-electron chi connectivity index (χ4n) is 3.03. The number of nitrogens with zero attached hydrogens (tertiary/aromatic N) is 1. The summed E-state index contributed by atoms with van der Waals surface area (Å²) in [5, 5.41) is 3.60. The predicted molar refractivity (Wildman–Crippen MR) is 113 cm³/mol. The van der Waals surface area contributed by atoms with E-state index < -0.39 is 5.97 Å². The van der Waals surface area contributed by atoms with Crippen LogP contribution in [-0.2, 0) is 4.74 Å². The van der Waals surface area contributed by atoms with Gasteiger partial charge in [-0.25, -0.2) is 4.79 Å². The third-order valence-corrected chi connectivity index (χ3v) is 4.43. The first-order chi connectivity index (χ1) is 13.8.